The van der Waals surface area contributed by atoms with Gasteiger partial charge in [0.05, 0.1) is 30.9 Å². The Balaban J connectivity index is 0.000000242. The number of amides is 1. The molecule has 54 heavy (non-hydrogen) atoms. The quantitative estimate of drug-likeness (QED) is 0.0909. The Hall–Kier alpha value is -6.07. The van der Waals surface area contributed by atoms with Crippen LogP contribution < -0.4 is 15.8 Å². The normalized spacial score (nSPS) is 13.9. The molecular weight excluding hydrogens is 708 g/mol. The third-order valence-corrected chi connectivity index (χ3v) is 9.59. The smallest absolute Gasteiger partial charge is 0.339 e. The van der Waals surface area contributed by atoms with Gasteiger partial charge in [-0.3, -0.25) is 4.79 Å². The lowest BCUT2D eigenvalue weighted by Crippen LogP contribution is -2.32. The van der Waals surface area contributed by atoms with Gasteiger partial charge in [-0.25, -0.2) is 14.6 Å². The Morgan fingerprint density at radius 3 is 2.50 bits per heavy atom. The number of hydrogen-bond acceptors (Lipinski definition) is 8. The number of fused-ring (bicyclic) bond motifs is 3. The van der Waals surface area contributed by atoms with Crippen molar-refractivity contribution in [2.45, 2.75) is 51.0 Å². The molecule has 0 saturated heterocycles. The zero-order valence-corrected chi connectivity index (χ0v) is 30.7. The first-order valence-electron chi connectivity index (χ1n) is 17.6. The number of benzene rings is 4. The molecule has 11 nitrogen and oxygen atoms in total. The second-order valence-electron chi connectivity index (χ2n) is 13.0. The molecule has 1 aliphatic rings. The number of oxazole rings is 1. The predicted molar refractivity (Wildman–Crippen MR) is 207 cm³/mol. The summed E-state index contributed by atoms with van der Waals surface area (Å²) < 4.78 is 16.5. The third-order valence-electron chi connectivity index (χ3n) is 9.36. The van der Waals surface area contributed by atoms with Crippen molar-refractivity contribution in [1.29, 1.82) is 0 Å². The number of aryl methyl sites for hydroxylation is 2. The van der Waals surface area contributed by atoms with Crippen LogP contribution in [0.15, 0.2) is 101 Å². The Morgan fingerprint density at radius 2 is 1.78 bits per heavy atom. The fourth-order valence-electron chi connectivity index (χ4n) is 6.59. The first kappa shape index (κ1) is 37.7. The van der Waals surface area contributed by atoms with Crippen LogP contribution in [0, 0.1) is 6.92 Å². The molecule has 2 heterocycles. The highest BCUT2D eigenvalue weighted by molar-refractivity contribution is 6.31. The number of aromatic nitrogens is 2. The van der Waals surface area contributed by atoms with Gasteiger partial charge in [0, 0.05) is 45.7 Å². The number of H-pyrrole nitrogens is 1. The number of methoxy groups -OCH3 is 1. The number of nitrogens with one attached hydrogen (secondary N) is 2. The van der Waals surface area contributed by atoms with Crippen molar-refractivity contribution >= 4 is 46.0 Å². The average Bonchev–Trinajstić information content (AvgIpc) is 3.75. The number of aromatic amines is 1. The minimum Gasteiger partial charge on any atom is -0.493 e. The van der Waals surface area contributed by atoms with E-state index in [2.05, 4.69) is 15.3 Å². The number of anilines is 1. The van der Waals surface area contributed by atoms with E-state index >= 15 is 0 Å². The number of rotatable bonds is 12. The summed E-state index contributed by atoms with van der Waals surface area (Å²) in [7, 11) is 1.28. The number of carbonyl (C=O) groups is 3. The van der Waals surface area contributed by atoms with Gasteiger partial charge in [0.25, 0.3) is 0 Å². The fourth-order valence-corrected chi connectivity index (χ4v) is 6.76. The van der Waals surface area contributed by atoms with E-state index < -0.39 is 18.0 Å². The van der Waals surface area contributed by atoms with Crippen molar-refractivity contribution in [3.63, 3.8) is 0 Å². The number of carboxylic acids is 1. The highest BCUT2D eigenvalue weighted by Crippen LogP contribution is 2.36. The lowest BCUT2D eigenvalue weighted by atomic mass is 9.86. The molecular formula is C42H41ClN4O7. The summed E-state index contributed by atoms with van der Waals surface area (Å²) in [5.41, 5.74) is 11.9. The molecule has 1 unspecified atom stereocenters. The van der Waals surface area contributed by atoms with Crippen LogP contribution in [0.3, 0.4) is 0 Å². The highest BCUT2D eigenvalue weighted by atomic mass is 35.5. The molecule has 0 fully saturated rings. The molecule has 4 aromatic carbocycles. The zero-order valence-electron chi connectivity index (χ0n) is 29.9. The number of primary amides is 1. The van der Waals surface area contributed by atoms with E-state index in [-0.39, 0.29) is 23.8 Å². The number of hydrogen-bond donors (Lipinski definition) is 4. The number of nitrogens with zero attached hydrogens (tertiary/aromatic N) is 1. The van der Waals surface area contributed by atoms with E-state index in [0.29, 0.717) is 30.4 Å². The average molecular weight is 749 g/mol. The molecule has 1 aliphatic carbocycles. The van der Waals surface area contributed by atoms with Gasteiger partial charge in [-0.1, -0.05) is 54.1 Å². The second kappa shape index (κ2) is 17.2. The molecule has 12 heteroatoms. The molecule has 6 aromatic rings. The number of halogens is 1. The van der Waals surface area contributed by atoms with E-state index in [4.69, 9.17) is 31.2 Å². The van der Waals surface area contributed by atoms with Gasteiger partial charge in [0.15, 0.2) is 0 Å². The van der Waals surface area contributed by atoms with Gasteiger partial charge in [-0.15, -0.1) is 0 Å². The van der Waals surface area contributed by atoms with Crippen molar-refractivity contribution in [3.8, 4) is 17.2 Å². The maximum Gasteiger partial charge on any atom is 0.339 e. The Kier molecular flexibility index (Phi) is 12.0. The van der Waals surface area contributed by atoms with Crippen molar-refractivity contribution in [2.75, 3.05) is 19.0 Å². The van der Waals surface area contributed by atoms with Gasteiger partial charge in [-0.2, -0.15) is 0 Å². The van der Waals surface area contributed by atoms with Crippen LogP contribution in [-0.4, -0.2) is 52.7 Å². The first-order chi connectivity index (χ1) is 26.1. The SMILES string of the molecule is COC(=O)c1ccccc1N[C@@H](Cc1ccc(OCCc2nc(-c3ccccc3)oc2C)cc1)C(=O)O.NC(=O)C1CCCc2c1[nH]c1ccc(Cl)cc21. The summed E-state index contributed by atoms with van der Waals surface area (Å²) in [5, 5.41) is 14.5. The summed E-state index contributed by atoms with van der Waals surface area (Å²) in [6.45, 7) is 2.31. The van der Waals surface area contributed by atoms with Crippen LogP contribution in [0.5, 0.6) is 5.75 Å². The van der Waals surface area contributed by atoms with Crippen LogP contribution in [0.1, 0.15) is 57.4 Å². The summed E-state index contributed by atoms with van der Waals surface area (Å²) >= 11 is 6.01. The Bertz CT molecular complexity index is 2250. The van der Waals surface area contributed by atoms with Crippen LogP contribution in [0.25, 0.3) is 22.4 Å². The lowest BCUT2D eigenvalue weighted by molar-refractivity contribution is -0.137. The molecule has 2 aromatic heterocycles. The number of nitrogens with two attached hydrogens (primary N) is 1. The maximum absolute atomic E-state index is 12.0. The number of ether oxygens (including phenoxy) is 2. The van der Waals surface area contributed by atoms with Gasteiger partial charge in [0.2, 0.25) is 11.8 Å². The predicted octanol–water partition coefficient (Wildman–Crippen LogP) is 7.89. The molecule has 2 atom stereocenters. The maximum atomic E-state index is 12.0. The molecule has 0 saturated carbocycles. The second-order valence-corrected chi connectivity index (χ2v) is 13.4. The topological polar surface area (TPSA) is 170 Å². The van der Waals surface area contributed by atoms with E-state index in [9.17, 15) is 19.5 Å². The first-order valence-corrected chi connectivity index (χ1v) is 18.0. The van der Waals surface area contributed by atoms with Crippen LogP contribution in [0.4, 0.5) is 5.69 Å². The number of aliphatic carboxylic acids is 1. The van der Waals surface area contributed by atoms with Crippen LogP contribution in [-0.2, 0) is 33.6 Å². The van der Waals surface area contributed by atoms with Crippen molar-refractivity contribution in [3.05, 3.63) is 136 Å². The van der Waals surface area contributed by atoms with Crippen LogP contribution in [0.2, 0.25) is 5.02 Å². The zero-order chi connectivity index (χ0) is 38.2. The summed E-state index contributed by atoms with van der Waals surface area (Å²) in [5.74, 6) is 0.0355. The minimum absolute atomic E-state index is 0.176. The number of para-hydroxylation sites is 1. The number of carbonyl (C=O) groups excluding carboxylic acids is 2. The number of esters is 1. The Morgan fingerprint density at radius 1 is 1.04 bits per heavy atom. The van der Waals surface area contributed by atoms with Crippen LogP contribution >= 0.6 is 11.6 Å². The monoisotopic (exact) mass is 748 g/mol. The van der Waals surface area contributed by atoms with E-state index in [1.807, 2.05) is 79.7 Å². The lowest BCUT2D eigenvalue weighted by Gasteiger charge is -2.19. The van der Waals surface area contributed by atoms with Crippen molar-refractivity contribution in [1.82, 2.24) is 9.97 Å². The van der Waals surface area contributed by atoms with Crippen molar-refractivity contribution in [2.24, 2.45) is 5.73 Å². The van der Waals surface area contributed by atoms with Gasteiger partial charge in [-0.05, 0) is 91.9 Å². The molecule has 0 bridgehead atoms. The molecule has 0 aliphatic heterocycles. The summed E-state index contributed by atoms with van der Waals surface area (Å²) in [4.78, 5) is 43.3. The summed E-state index contributed by atoms with van der Waals surface area (Å²) in [6.07, 6.45) is 3.63. The van der Waals surface area contributed by atoms with E-state index in [1.54, 1.807) is 24.3 Å². The van der Waals surface area contributed by atoms with E-state index in [0.717, 1.165) is 63.5 Å². The Labute approximate surface area is 317 Å². The standard InChI is InChI=1S/C29H28N2O6.C13H13ClN2O/c1-19-24(31-27(37-19)21-8-4-3-5-9-21)16-17-36-22-14-12-20(13-15-22)18-26(28(32)33)30-25-11-7-6-10-23(25)29(34)35-2;14-7-4-5-11-10(6-7)8-2-1-3-9(13(15)17)12(8)16-11/h3-15,26,30H,16-18H2,1-2H3,(H,32,33);4-6,9,16H,1-3H2,(H2,15,17)/t26-;/m0./s1. The highest BCUT2D eigenvalue weighted by Gasteiger charge is 2.28. The largest absolute Gasteiger partial charge is 0.493 e. The molecule has 5 N–H and O–H groups in total. The minimum atomic E-state index is -1.03. The van der Waals surface area contributed by atoms with Gasteiger partial charge in [0.1, 0.15) is 17.6 Å². The third kappa shape index (κ3) is 8.92. The fraction of sp³-hybridized carbons (Fsp3) is 0.238. The molecule has 1 amide bonds. The van der Waals surface area contributed by atoms with Gasteiger partial charge >= 0.3 is 11.9 Å². The molecule has 0 radical (unpaired) electrons. The molecule has 278 valence electrons. The van der Waals surface area contributed by atoms with E-state index in [1.165, 1.54) is 12.7 Å². The van der Waals surface area contributed by atoms with Gasteiger partial charge < -0.3 is 35.0 Å². The van der Waals surface area contributed by atoms with Crippen molar-refractivity contribution < 1.29 is 33.4 Å². The molecule has 7 rings (SSSR count). The number of carboxylic acid groups (broad SMARTS) is 1. The molecule has 0 spiro atoms. The summed E-state index contributed by atoms with van der Waals surface area (Å²) in [6, 6.07) is 28.5.